The molecule has 1 aliphatic rings. The molecule has 32 heavy (non-hydrogen) atoms. The number of carbonyl (C=O) groups excluding carboxylic acids is 3. The van der Waals surface area contributed by atoms with E-state index in [1.54, 1.807) is 0 Å². The number of hydrogen-bond acceptors (Lipinski definition) is 7. The number of Topliss-reactive ketones (excluding diaryl/α,β-unsaturated/α-hetero) is 1. The number of alkyl halides is 1. The van der Waals surface area contributed by atoms with Crippen LogP contribution in [0.15, 0.2) is 18.2 Å². The molecule has 0 aromatic heterocycles. The number of unbranched alkanes of at least 4 members (excludes halogenated alkanes) is 2. The molecule has 170 valence electrons. The molecular formula is C24H25FO7. The maximum atomic E-state index is 13.5. The molecule has 2 aromatic rings. The first kappa shape index (κ1) is 23.2. The zero-order valence-electron chi connectivity index (χ0n) is 18.5. The van der Waals surface area contributed by atoms with Crippen molar-refractivity contribution in [2.45, 2.75) is 25.7 Å². The lowest BCUT2D eigenvalue weighted by Crippen LogP contribution is -2.24. The maximum Gasteiger partial charge on any atom is 0.202 e. The van der Waals surface area contributed by atoms with Gasteiger partial charge in [0.2, 0.25) is 5.78 Å². The molecule has 0 N–H and O–H groups in total. The fraction of sp³-hybridized carbons (Fsp3) is 0.375. The lowest BCUT2D eigenvalue weighted by molar-refractivity contribution is 0.0961. The van der Waals surface area contributed by atoms with E-state index in [0.717, 1.165) is 0 Å². The standard InChI is InChI=1S/C24H25FO7/c1-29-13-10-14-19(17(11-13)30-2)23(28)20-15(22(14)27)12-18(31-3)21(24(20)32-4)16(26)8-6-5-7-9-25/h10-12H,5-9H2,1-4H3. The van der Waals surface area contributed by atoms with Crippen molar-refractivity contribution >= 4 is 17.3 Å². The third-order valence-electron chi connectivity index (χ3n) is 5.46. The smallest absolute Gasteiger partial charge is 0.202 e. The van der Waals surface area contributed by atoms with Crippen LogP contribution in [0.1, 0.15) is 67.9 Å². The van der Waals surface area contributed by atoms with Crippen molar-refractivity contribution in [2.24, 2.45) is 0 Å². The van der Waals surface area contributed by atoms with Crippen molar-refractivity contribution in [3.8, 4) is 23.0 Å². The first-order valence-corrected chi connectivity index (χ1v) is 10.2. The van der Waals surface area contributed by atoms with Gasteiger partial charge in [-0.2, -0.15) is 0 Å². The second-order valence-electron chi connectivity index (χ2n) is 7.24. The van der Waals surface area contributed by atoms with Crippen LogP contribution in [0.4, 0.5) is 4.39 Å². The van der Waals surface area contributed by atoms with Crippen molar-refractivity contribution in [3.05, 3.63) is 46.0 Å². The van der Waals surface area contributed by atoms with E-state index in [2.05, 4.69) is 0 Å². The highest BCUT2D eigenvalue weighted by atomic mass is 19.1. The van der Waals surface area contributed by atoms with Crippen LogP contribution >= 0.6 is 0 Å². The molecule has 0 fully saturated rings. The van der Waals surface area contributed by atoms with E-state index >= 15 is 0 Å². The number of carbonyl (C=O) groups is 3. The van der Waals surface area contributed by atoms with Crippen LogP contribution in [-0.4, -0.2) is 52.5 Å². The first-order valence-electron chi connectivity index (χ1n) is 10.2. The highest BCUT2D eigenvalue weighted by Gasteiger charge is 2.38. The number of ether oxygens (including phenoxy) is 4. The number of halogens is 1. The summed E-state index contributed by atoms with van der Waals surface area (Å²) >= 11 is 0. The Bertz CT molecular complexity index is 1070. The van der Waals surface area contributed by atoms with E-state index in [1.165, 1.54) is 46.6 Å². The van der Waals surface area contributed by atoms with Gasteiger partial charge in [-0.25, -0.2) is 0 Å². The third-order valence-corrected chi connectivity index (χ3v) is 5.46. The summed E-state index contributed by atoms with van der Waals surface area (Å²) in [6.07, 6.45) is 1.54. The Morgan fingerprint density at radius 3 is 2.06 bits per heavy atom. The molecule has 0 unspecified atom stereocenters. The first-order chi connectivity index (χ1) is 15.4. The Kier molecular flexibility index (Phi) is 7.12. The summed E-state index contributed by atoms with van der Waals surface area (Å²) in [6, 6.07) is 4.38. The van der Waals surface area contributed by atoms with Gasteiger partial charge in [-0.3, -0.25) is 18.8 Å². The zero-order valence-corrected chi connectivity index (χ0v) is 18.5. The van der Waals surface area contributed by atoms with Gasteiger partial charge in [-0.1, -0.05) is 6.42 Å². The van der Waals surface area contributed by atoms with Gasteiger partial charge < -0.3 is 18.9 Å². The van der Waals surface area contributed by atoms with Gasteiger partial charge in [0.15, 0.2) is 11.6 Å². The van der Waals surface area contributed by atoms with Crippen molar-refractivity contribution in [1.82, 2.24) is 0 Å². The maximum absolute atomic E-state index is 13.5. The molecule has 0 heterocycles. The minimum absolute atomic E-state index is 0.0126. The molecule has 8 heteroatoms. The molecule has 0 atom stereocenters. The van der Waals surface area contributed by atoms with E-state index < -0.39 is 18.2 Å². The lowest BCUT2D eigenvalue weighted by atomic mass is 9.81. The van der Waals surface area contributed by atoms with Gasteiger partial charge in [0, 0.05) is 23.6 Å². The summed E-state index contributed by atoms with van der Waals surface area (Å²) < 4.78 is 33.8. The summed E-state index contributed by atoms with van der Waals surface area (Å²) in [7, 11) is 5.53. The second kappa shape index (κ2) is 9.80. The van der Waals surface area contributed by atoms with Crippen LogP contribution in [0.2, 0.25) is 0 Å². The second-order valence-corrected chi connectivity index (χ2v) is 7.24. The minimum Gasteiger partial charge on any atom is -0.497 e. The topological polar surface area (TPSA) is 88.1 Å². The van der Waals surface area contributed by atoms with Crippen LogP contribution in [0.3, 0.4) is 0 Å². The summed E-state index contributed by atoms with van der Waals surface area (Å²) in [5, 5.41) is 0. The normalized spacial score (nSPS) is 12.2. The molecule has 2 aromatic carbocycles. The van der Waals surface area contributed by atoms with Gasteiger partial charge >= 0.3 is 0 Å². The van der Waals surface area contributed by atoms with Gasteiger partial charge in [0.25, 0.3) is 0 Å². The summed E-state index contributed by atoms with van der Waals surface area (Å²) in [6.45, 7) is -0.442. The number of rotatable bonds is 10. The van der Waals surface area contributed by atoms with Crippen LogP contribution in [0, 0.1) is 0 Å². The highest BCUT2D eigenvalue weighted by Crippen LogP contribution is 2.44. The predicted octanol–water partition coefficient (Wildman–Crippen LogP) is 4.21. The van der Waals surface area contributed by atoms with Crippen molar-refractivity contribution in [2.75, 3.05) is 35.1 Å². The van der Waals surface area contributed by atoms with Crippen molar-refractivity contribution < 1.29 is 37.7 Å². The van der Waals surface area contributed by atoms with Crippen molar-refractivity contribution in [1.29, 1.82) is 0 Å². The molecule has 7 nitrogen and oxygen atoms in total. The third kappa shape index (κ3) is 3.92. The molecule has 0 bridgehead atoms. The monoisotopic (exact) mass is 444 g/mol. The van der Waals surface area contributed by atoms with Crippen LogP contribution in [-0.2, 0) is 0 Å². The summed E-state index contributed by atoms with van der Waals surface area (Å²) in [4.78, 5) is 39.9. The van der Waals surface area contributed by atoms with Gasteiger partial charge in [-0.05, 0) is 25.0 Å². The number of benzene rings is 2. The minimum atomic E-state index is -0.500. The van der Waals surface area contributed by atoms with E-state index in [0.29, 0.717) is 25.0 Å². The van der Waals surface area contributed by atoms with Crippen LogP contribution < -0.4 is 18.9 Å². The van der Waals surface area contributed by atoms with Crippen molar-refractivity contribution in [3.63, 3.8) is 0 Å². The summed E-state index contributed by atoms with van der Waals surface area (Å²) in [5.41, 5.74) is 0.358. The number of fused-ring (bicyclic) bond motifs is 2. The SMILES string of the molecule is COc1cc(OC)c2c(c1)C(=O)c1cc(OC)c(C(=O)CCCCCF)c(OC)c1C2=O. The molecule has 0 radical (unpaired) electrons. The average molecular weight is 444 g/mol. The fourth-order valence-corrected chi connectivity index (χ4v) is 3.90. The molecule has 0 saturated heterocycles. The van der Waals surface area contributed by atoms with Gasteiger partial charge in [0.05, 0.1) is 46.2 Å². The van der Waals surface area contributed by atoms with E-state index in [1.807, 2.05) is 0 Å². The van der Waals surface area contributed by atoms with E-state index in [4.69, 9.17) is 18.9 Å². The lowest BCUT2D eigenvalue weighted by Gasteiger charge is -2.24. The largest absolute Gasteiger partial charge is 0.497 e. The number of ketones is 3. The molecule has 0 aliphatic heterocycles. The molecule has 1 aliphatic carbocycles. The molecule has 0 spiro atoms. The summed E-state index contributed by atoms with van der Waals surface area (Å²) in [5.74, 6) is -0.588. The molecular weight excluding hydrogens is 419 g/mol. The Morgan fingerprint density at radius 1 is 0.781 bits per heavy atom. The van der Waals surface area contributed by atoms with Crippen LogP contribution in [0.25, 0.3) is 0 Å². The van der Waals surface area contributed by atoms with Gasteiger partial charge in [0.1, 0.15) is 28.6 Å². The number of hydrogen-bond donors (Lipinski definition) is 0. The Balaban J connectivity index is 2.19. The highest BCUT2D eigenvalue weighted by molar-refractivity contribution is 6.31. The Morgan fingerprint density at radius 2 is 1.47 bits per heavy atom. The Hall–Kier alpha value is -3.42. The Labute approximate surface area is 185 Å². The van der Waals surface area contributed by atoms with E-state index in [9.17, 15) is 18.8 Å². The fourth-order valence-electron chi connectivity index (χ4n) is 3.90. The molecule has 0 amide bonds. The quantitative estimate of drug-likeness (QED) is 0.342. The average Bonchev–Trinajstić information content (AvgIpc) is 2.82. The number of methoxy groups -OCH3 is 4. The van der Waals surface area contributed by atoms with Gasteiger partial charge in [-0.15, -0.1) is 0 Å². The van der Waals surface area contributed by atoms with E-state index in [-0.39, 0.29) is 57.3 Å². The van der Waals surface area contributed by atoms with Crippen LogP contribution in [0.5, 0.6) is 23.0 Å². The predicted molar refractivity (Wildman–Crippen MR) is 115 cm³/mol. The molecule has 0 saturated carbocycles. The molecule has 3 rings (SSSR count). The zero-order chi connectivity index (χ0) is 23.4.